The lowest BCUT2D eigenvalue weighted by Crippen LogP contribution is -2.55. The maximum Gasteiger partial charge on any atom is 0.139 e. The van der Waals surface area contributed by atoms with E-state index in [0.717, 1.165) is 21.9 Å². The van der Waals surface area contributed by atoms with Crippen LogP contribution in [0.25, 0.3) is 87.6 Å². The molecule has 0 atom stereocenters. The van der Waals surface area contributed by atoms with Crippen LogP contribution in [0.1, 0.15) is 0 Å². The highest BCUT2D eigenvalue weighted by Gasteiger charge is 2.22. The Kier molecular flexibility index (Phi) is 6.53. The number of hydrogen-bond acceptors (Lipinski definition) is 1. The predicted octanol–water partition coefficient (Wildman–Crippen LogP) is 3.34. The van der Waals surface area contributed by atoms with E-state index < -0.39 is 0 Å². The second-order valence-electron chi connectivity index (χ2n) is 13.4. The molecule has 8 aromatic carbocycles. The van der Waals surface area contributed by atoms with Crippen molar-refractivity contribution in [2.45, 2.75) is 0 Å². The molecule has 0 bridgehead atoms. The van der Waals surface area contributed by atoms with Crippen LogP contribution < -0.4 is 27.3 Å². The van der Waals surface area contributed by atoms with E-state index in [9.17, 15) is 0 Å². The van der Waals surface area contributed by atoms with Crippen molar-refractivity contribution in [1.29, 1.82) is 0 Å². The molecule has 0 N–H and O–H groups in total. The van der Waals surface area contributed by atoms with Crippen molar-refractivity contribution < 1.29 is 4.42 Å². The summed E-state index contributed by atoms with van der Waals surface area (Å²) in [6.45, 7) is 0. The van der Waals surface area contributed by atoms with Gasteiger partial charge in [0.2, 0.25) is 0 Å². The molecule has 48 heavy (non-hydrogen) atoms. The molecule has 0 aliphatic heterocycles. The summed E-state index contributed by atoms with van der Waals surface area (Å²) in [5.74, 6) is 0. The number of para-hydroxylation sites is 1. The minimum atomic E-state index is 0.915. The maximum absolute atomic E-state index is 6.33. The highest BCUT2D eigenvalue weighted by atomic mass is 16.3. The monoisotopic (exact) mass is 606 g/mol. The zero-order valence-electron chi connectivity index (χ0n) is 28.0. The van der Waals surface area contributed by atoms with Gasteiger partial charge in [0.25, 0.3) is 0 Å². The van der Waals surface area contributed by atoms with Crippen LogP contribution in [0.5, 0.6) is 0 Å². The molecule has 6 heteroatoms. The van der Waals surface area contributed by atoms with Gasteiger partial charge in [-0.25, -0.2) is 0 Å². The standard InChI is InChI=1S/C42H31B5O/c43-38-37(39(44)41(46)42(47)40(38)45)36-28-14-5-3-12-26(28)34(27-13-4-6-15-29(27)36)31-21-23(20-22-10-1-2-11-24(22)31)25-17-9-19-33-35(25)30-16-7-8-18-32(30)48-33/h1-21H,43-47H2. The molecular weight excluding hydrogens is 575 g/mol. The van der Waals surface area contributed by atoms with E-state index in [1.807, 2.05) is 6.07 Å². The molecule has 1 nitrogen and oxygen atoms in total. The zero-order valence-corrected chi connectivity index (χ0v) is 28.0. The Balaban J connectivity index is 1.43. The maximum atomic E-state index is 6.33. The van der Waals surface area contributed by atoms with Gasteiger partial charge in [0, 0.05) is 10.8 Å². The second-order valence-corrected chi connectivity index (χ2v) is 13.4. The average molecular weight is 606 g/mol. The number of rotatable bonds is 3. The Bertz CT molecular complexity index is 2710. The van der Waals surface area contributed by atoms with Gasteiger partial charge in [0.15, 0.2) is 0 Å². The Labute approximate surface area is 285 Å². The average Bonchev–Trinajstić information content (AvgIpc) is 3.51. The van der Waals surface area contributed by atoms with Crippen LogP contribution in [0, 0.1) is 0 Å². The molecule has 0 aliphatic rings. The SMILES string of the molecule is Bc1c(B)c(B)c(-c2c3ccccc3c(-c3cc(-c4cccc5oc6ccccc6c45)cc4ccccc34)c3ccccc23)c(B)c1B. The van der Waals surface area contributed by atoms with Gasteiger partial charge in [-0.15, -0.1) is 16.4 Å². The molecule has 0 saturated carbocycles. The van der Waals surface area contributed by atoms with E-state index in [1.54, 1.807) is 0 Å². The fourth-order valence-corrected chi connectivity index (χ4v) is 8.25. The highest BCUT2D eigenvalue weighted by Crippen LogP contribution is 2.46. The summed E-state index contributed by atoms with van der Waals surface area (Å²) in [6.07, 6.45) is 0. The van der Waals surface area contributed by atoms with E-state index >= 15 is 0 Å². The first-order chi connectivity index (χ1) is 23.4. The van der Waals surface area contributed by atoms with Crippen LogP contribution >= 0.6 is 0 Å². The van der Waals surface area contributed by atoms with E-state index in [4.69, 9.17) is 4.42 Å². The van der Waals surface area contributed by atoms with Gasteiger partial charge >= 0.3 is 0 Å². The topological polar surface area (TPSA) is 13.1 Å². The summed E-state index contributed by atoms with van der Waals surface area (Å²) in [5, 5.41) is 9.91. The van der Waals surface area contributed by atoms with Crippen LogP contribution in [0.4, 0.5) is 0 Å². The smallest absolute Gasteiger partial charge is 0.139 e. The molecule has 0 radical (unpaired) electrons. The lowest BCUT2D eigenvalue weighted by Gasteiger charge is -2.25. The summed E-state index contributed by atoms with van der Waals surface area (Å²) >= 11 is 0. The van der Waals surface area contributed by atoms with Crippen molar-refractivity contribution in [3.63, 3.8) is 0 Å². The normalized spacial score (nSPS) is 11.8. The van der Waals surface area contributed by atoms with Crippen LogP contribution in [-0.4, -0.2) is 39.2 Å². The largest absolute Gasteiger partial charge is 0.456 e. The second kappa shape index (κ2) is 10.9. The lowest BCUT2D eigenvalue weighted by molar-refractivity contribution is 0.669. The van der Waals surface area contributed by atoms with Crippen molar-refractivity contribution in [2.75, 3.05) is 0 Å². The molecule has 0 spiro atoms. The summed E-state index contributed by atoms with van der Waals surface area (Å²) in [7, 11) is 11.4. The Morgan fingerprint density at radius 2 is 0.854 bits per heavy atom. The molecule has 9 aromatic rings. The van der Waals surface area contributed by atoms with Gasteiger partial charge in [0.05, 0.1) is 0 Å². The van der Waals surface area contributed by atoms with Gasteiger partial charge < -0.3 is 4.42 Å². The van der Waals surface area contributed by atoms with Crippen molar-refractivity contribution >= 4 is 121 Å². The third-order valence-electron chi connectivity index (χ3n) is 11.0. The minimum absolute atomic E-state index is 0.915. The predicted molar refractivity (Wildman–Crippen MR) is 223 cm³/mol. The quantitative estimate of drug-likeness (QED) is 0.223. The number of fused-ring (bicyclic) bond motifs is 6. The van der Waals surface area contributed by atoms with Gasteiger partial charge in [-0.3, -0.25) is 0 Å². The molecule has 0 aliphatic carbocycles. The first-order valence-corrected chi connectivity index (χ1v) is 16.9. The first-order valence-electron chi connectivity index (χ1n) is 16.9. The molecule has 1 aromatic heterocycles. The Morgan fingerprint density at radius 1 is 0.354 bits per heavy atom. The number of furan rings is 1. The van der Waals surface area contributed by atoms with E-state index in [2.05, 4.69) is 161 Å². The Morgan fingerprint density at radius 3 is 1.50 bits per heavy atom. The molecule has 220 valence electrons. The van der Waals surface area contributed by atoms with Crippen LogP contribution in [-0.2, 0) is 0 Å². The summed E-state index contributed by atoms with van der Waals surface area (Å²) in [4.78, 5) is 0. The Hall–Kier alpha value is -5.34. The minimum Gasteiger partial charge on any atom is -0.456 e. The summed E-state index contributed by atoms with van der Waals surface area (Å²) < 4.78 is 6.33. The van der Waals surface area contributed by atoms with Gasteiger partial charge in [0.1, 0.15) is 50.4 Å². The van der Waals surface area contributed by atoms with Gasteiger partial charge in [-0.05, 0) is 90.0 Å². The first kappa shape index (κ1) is 28.9. The lowest BCUT2D eigenvalue weighted by atomic mass is 9.59. The van der Waals surface area contributed by atoms with Crippen molar-refractivity contribution in [3.05, 3.63) is 127 Å². The van der Waals surface area contributed by atoms with Gasteiger partial charge in [-0.1, -0.05) is 114 Å². The molecule has 0 saturated heterocycles. The molecular formula is C42H31B5O. The third kappa shape index (κ3) is 4.12. The summed E-state index contributed by atoms with van der Waals surface area (Å²) in [5.41, 5.74) is 16.3. The number of benzene rings is 8. The highest BCUT2D eigenvalue weighted by molar-refractivity contribution is 6.69. The molecule has 0 amide bonds. The van der Waals surface area contributed by atoms with Gasteiger partial charge in [-0.2, -0.15) is 0 Å². The van der Waals surface area contributed by atoms with E-state index in [0.29, 0.717) is 0 Å². The van der Waals surface area contributed by atoms with Crippen molar-refractivity contribution in [3.8, 4) is 33.4 Å². The zero-order chi connectivity index (χ0) is 32.7. The molecule has 0 fully saturated rings. The third-order valence-corrected chi connectivity index (χ3v) is 11.0. The van der Waals surface area contributed by atoms with Crippen LogP contribution in [0.15, 0.2) is 132 Å². The van der Waals surface area contributed by atoms with Crippen molar-refractivity contribution in [2.24, 2.45) is 0 Å². The van der Waals surface area contributed by atoms with E-state index in [1.165, 1.54) is 93.0 Å². The molecule has 1 heterocycles. The van der Waals surface area contributed by atoms with E-state index in [-0.39, 0.29) is 0 Å². The van der Waals surface area contributed by atoms with Crippen LogP contribution in [0.2, 0.25) is 0 Å². The molecule has 0 unspecified atom stereocenters. The fraction of sp³-hybridized carbons (Fsp3) is 0. The number of hydrogen-bond donors (Lipinski definition) is 0. The van der Waals surface area contributed by atoms with Crippen LogP contribution in [0.3, 0.4) is 0 Å². The molecule has 9 rings (SSSR count). The fourth-order valence-electron chi connectivity index (χ4n) is 8.25. The summed E-state index contributed by atoms with van der Waals surface area (Å²) in [6, 6.07) is 46.5. The van der Waals surface area contributed by atoms with Crippen molar-refractivity contribution in [1.82, 2.24) is 0 Å².